The van der Waals surface area contributed by atoms with E-state index >= 15 is 0 Å². The van der Waals surface area contributed by atoms with Gasteiger partial charge in [-0.25, -0.2) is 43.3 Å². The highest BCUT2D eigenvalue weighted by Gasteiger charge is 2.64. The molecule has 42 heavy (non-hydrogen) atoms. The van der Waals surface area contributed by atoms with E-state index in [0.29, 0.717) is 8.61 Å². The van der Waals surface area contributed by atoms with Crippen molar-refractivity contribution >= 4 is 74.9 Å². The molecule has 0 saturated carbocycles. The summed E-state index contributed by atoms with van der Waals surface area (Å²) < 4.78 is 109. The van der Waals surface area contributed by atoms with Gasteiger partial charge in [-0.2, -0.15) is 8.61 Å². The number of aromatic carboxylic acids is 2. The smallest absolute Gasteiger partial charge is 0.335 e. The SMILES string of the molecule is O=C(O)c1ccc(Cl)c(S(=O)(=O)N2[C@@H]3CS(=O)(=O)C[C@@H]3N(S(=O)(=O)c3cc(C(=O)O)ccc3Cl)[C@H]3CS(=O)(=O)C[C@@H]32)c1. The number of rotatable bonds is 6. The summed E-state index contributed by atoms with van der Waals surface area (Å²) in [6.45, 7) is 0. The van der Waals surface area contributed by atoms with E-state index in [9.17, 15) is 53.5 Å². The number of carbonyl (C=O) groups is 2. The number of hydrogen-bond acceptors (Lipinski definition) is 10. The number of benzene rings is 2. The summed E-state index contributed by atoms with van der Waals surface area (Å²) in [4.78, 5) is 21.6. The quantitative estimate of drug-likeness (QED) is 0.418. The van der Waals surface area contributed by atoms with Gasteiger partial charge in [-0.05, 0) is 36.4 Å². The molecule has 20 heteroatoms. The van der Waals surface area contributed by atoms with E-state index in [-0.39, 0.29) is 0 Å². The van der Waals surface area contributed by atoms with E-state index in [1.54, 1.807) is 0 Å². The molecule has 228 valence electrons. The van der Waals surface area contributed by atoms with Gasteiger partial charge in [0, 0.05) is 0 Å². The van der Waals surface area contributed by atoms with Gasteiger partial charge < -0.3 is 10.2 Å². The molecular weight excluding hydrogens is 683 g/mol. The molecule has 0 aliphatic carbocycles. The Morgan fingerprint density at radius 1 is 0.643 bits per heavy atom. The van der Waals surface area contributed by atoms with E-state index < -0.39 is 130 Å². The Balaban J connectivity index is 1.74. The summed E-state index contributed by atoms with van der Waals surface area (Å²) in [5, 5.41) is 17.9. The normalized spacial score (nSPS) is 27.3. The van der Waals surface area contributed by atoms with Gasteiger partial charge in [-0.3, -0.25) is 0 Å². The molecule has 0 unspecified atom stereocenters. The van der Waals surface area contributed by atoms with Crippen molar-refractivity contribution in [1.29, 1.82) is 0 Å². The molecule has 0 bridgehead atoms. The Hall–Kier alpha value is -2.32. The van der Waals surface area contributed by atoms with Crippen LogP contribution in [0.25, 0.3) is 0 Å². The number of carboxylic acids is 2. The predicted molar refractivity (Wildman–Crippen MR) is 147 cm³/mol. The molecule has 0 aromatic heterocycles. The van der Waals surface area contributed by atoms with Crippen molar-refractivity contribution in [1.82, 2.24) is 8.61 Å². The van der Waals surface area contributed by atoms with Crippen molar-refractivity contribution in [2.75, 3.05) is 23.0 Å². The number of hydrogen-bond donors (Lipinski definition) is 2. The van der Waals surface area contributed by atoms with Crippen molar-refractivity contribution < 1.29 is 53.5 Å². The van der Waals surface area contributed by atoms with Gasteiger partial charge in [-0.1, -0.05) is 23.2 Å². The molecule has 5 rings (SSSR count). The highest BCUT2D eigenvalue weighted by molar-refractivity contribution is 7.93. The summed E-state index contributed by atoms with van der Waals surface area (Å²) in [7, 11) is -18.1. The van der Waals surface area contributed by atoms with Gasteiger partial charge in [-0.15, -0.1) is 0 Å². The molecule has 3 saturated heterocycles. The number of carboxylic acid groups (broad SMARTS) is 2. The number of piperazine rings is 1. The predicted octanol–water partition coefficient (Wildman–Crippen LogP) is 0.416. The van der Waals surface area contributed by atoms with Gasteiger partial charge in [0.15, 0.2) is 19.7 Å². The first-order valence-electron chi connectivity index (χ1n) is 11.8. The second-order valence-electron chi connectivity index (χ2n) is 9.99. The third kappa shape index (κ3) is 5.10. The van der Waals surface area contributed by atoms with Crippen LogP contribution in [0.4, 0.5) is 0 Å². The maximum atomic E-state index is 14.1. The Kier molecular flexibility index (Phi) is 7.49. The van der Waals surface area contributed by atoms with Crippen LogP contribution in [0.3, 0.4) is 0 Å². The minimum absolute atomic E-state index is 0.429. The van der Waals surface area contributed by atoms with Crippen LogP contribution in [-0.2, 0) is 39.7 Å². The second kappa shape index (κ2) is 10.1. The lowest BCUT2D eigenvalue weighted by Crippen LogP contribution is -2.69. The van der Waals surface area contributed by atoms with E-state index in [1.165, 1.54) is 0 Å². The maximum absolute atomic E-state index is 14.1. The van der Waals surface area contributed by atoms with Crippen LogP contribution in [0.1, 0.15) is 20.7 Å². The first-order chi connectivity index (χ1) is 19.3. The van der Waals surface area contributed by atoms with Crippen molar-refractivity contribution in [2.45, 2.75) is 34.0 Å². The van der Waals surface area contributed by atoms with E-state index in [1.807, 2.05) is 0 Å². The molecule has 2 aromatic rings. The fourth-order valence-corrected chi connectivity index (χ4v) is 14.7. The molecule has 3 aliphatic rings. The van der Waals surface area contributed by atoms with Crippen LogP contribution in [0.5, 0.6) is 0 Å². The third-order valence-corrected chi connectivity index (χ3v) is 15.6. The number of sulfonamides is 2. The standard InChI is InChI=1S/C22H20Cl2N2O12S4/c23-13-3-1-11(21(27)28)5-19(13)41(35,36)25-15-7-39(31,32)9-17(15)26(18-10-40(33,34)8-16(18)25)42(37,38)20-6-12(22(29)30)2-4-14(20)24/h1-6,15-18H,7-10H2,(H,27,28)(H,29,30)/t15-,16-,17-,18+/m0/s1. The molecule has 3 fully saturated rings. The van der Waals surface area contributed by atoms with Gasteiger partial charge in [0.2, 0.25) is 20.0 Å². The fourth-order valence-electron chi connectivity index (χ4n) is 5.69. The lowest BCUT2D eigenvalue weighted by atomic mass is 10.0. The second-order valence-corrected chi connectivity index (χ2v) is 18.7. The Morgan fingerprint density at radius 3 is 1.19 bits per heavy atom. The van der Waals surface area contributed by atoms with Crippen molar-refractivity contribution in [3.05, 3.63) is 57.6 Å². The highest BCUT2D eigenvalue weighted by Crippen LogP contribution is 2.44. The van der Waals surface area contributed by atoms with Gasteiger partial charge >= 0.3 is 11.9 Å². The third-order valence-electron chi connectivity index (χ3n) is 7.36. The number of nitrogens with zero attached hydrogens (tertiary/aromatic N) is 2. The molecule has 0 radical (unpaired) electrons. The first-order valence-corrected chi connectivity index (χ1v) is 19.1. The van der Waals surface area contributed by atoms with Crippen LogP contribution >= 0.6 is 23.2 Å². The van der Waals surface area contributed by atoms with E-state index in [0.717, 1.165) is 36.4 Å². The molecule has 0 spiro atoms. The lowest BCUT2D eigenvalue weighted by molar-refractivity contribution is 0.0685. The minimum atomic E-state index is -4.93. The largest absolute Gasteiger partial charge is 0.478 e. The van der Waals surface area contributed by atoms with Crippen molar-refractivity contribution in [3.8, 4) is 0 Å². The highest BCUT2D eigenvalue weighted by atomic mass is 35.5. The number of sulfone groups is 2. The molecule has 4 atom stereocenters. The molecule has 2 aromatic carbocycles. The number of fused-ring (bicyclic) bond motifs is 2. The van der Waals surface area contributed by atoms with Crippen molar-refractivity contribution in [2.24, 2.45) is 0 Å². The van der Waals surface area contributed by atoms with Gasteiger partial charge in [0.1, 0.15) is 9.79 Å². The summed E-state index contributed by atoms with van der Waals surface area (Å²) in [5.41, 5.74) is -0.948. The zero-order valence-electron chi connectivity index (χ0n) is 20.9. The van der Waals surface area contributed by atoms with Crippen LogP contribution in [-0.4, -0.2) is 112 Å². The Labute approximate surface area is 250 Å². The summed E-state index contributed by atoms with van der Waals surface area (Å²) in [6.07, 6.45) is 0. The maximum Gasteiger partial charge on any atom is 0.335 e. The molecule has 2 N–H and O–H groups in total. The molecular formula is C22H20Cl2N2O12S4. The summed E-state index contributed by atoms with van der Waals surface area (Å²) >= 11 is 12.3. The zero-order chi connectivity index (χ0) is 31.2. The van der Waals surface area contributed by atoms with E-state index in [2.05, 4.69) is 0 Å². The van der Waals surface area contributed by atoms with Gasteiger partial charge in [0.25, 0.3) is 0 Å². The Morgan fingerprint density at radius 2 is 0.929 bits per heavy atom. The minimum Gasteiger partial charge on any atom is -0.478 e. The topological polar surface area (TPSA) is 218 Å². The molecule has 3 heterocycles. The molecule has 0 amide bonds. The summed E-state index contributed by atoms with van der Waals surface area (Å²) in [5.74, 6) is -6.53. The van der Waals surface area contributed by atoms with E-state index in [4.69, 9.17) is 23.2 Å². The van der Waals surface area contributed by atoms with Crippen LogP contribution in [0.2, 0.25) is 10.0 Å². The Bertz CT molecular complexity index is 1800. The van der Waals surface area contributed by atoms with Crippen LogP contribution in [0, 0.1) is 0 Å². The fraction of sp³-hybridized carbons (Fsp3) is 0.364. The monoisotopic (exact) mass is 702 g/mol. The molecule has 3 aliphatic heterocycles. The summed E-state index contributed by atoms with van der Waals surface area (Å²) in [6, 6.07) is -1.00. The van der Waals surface area contributed by atoms with Gasteiger partial charge in [0.05, 0.1) is 68.4 Å². The van der Waals surface area contributed by atoms with Crippen LogP contribution < -0.4 is 0 Å². The number of halogens is 2. The van der Waals surface area contributed by atoms with Crippen molar-refractivity contribution in [3.63, 3.8) is 0 Å². The average molecular weight is 704 g/mol. The lowest BCUT2D eigenvalue weighted by Gasteiger charge is -2.49. The first kappa shape index (κ1) is 31.1. The average Bonchev–Trinajstić information content (AvgIpc) is 3.34. The zero-order valence-corrected chi connectivity index (χ0v) is 25.6. The van der Waals surface area contributed by atoms with Crippen LogP contribution in [0.15, 0.2) is 46.2 Å². The molecule has 14 nitrogen and oxygen atoms in total.